The summed E-state index contributed by atoms with van der Waals surface area (Å²) in [6.07, 6.45) is 2.27. The highest BCUT2D eigenvalue weighted by atomic mass is 19.1. The van der Waals surface area contributed by atoms with Crippen LogP contribution in [0.5, 0.6) is 5.75 Å². The average Bonchev–Trinajstić information content (AvgIpc) is 2.42. The monoisotopic (exact) mass is 252 g/mol. The number of piperidine rings is 1. The summed E-state index contributed by atoms with van der Waals surface area (Å²) in [6.45, 7) is 2.76. The van der Waals surface area contributed by atoms with Gasteiger partial charge in [0.1, 0.15) is 11.6 Å². The predicted octanol–water partition coefficient (Wildman–Crippen LogP) is 2.02. The first kappa shape index (κ1) is 13.3. The summed E-state index contributed by atoms with van der Waals surface area (Å²) in [5.74, 6) is 0.385. The second kappa shape index (κ2) is 6.16. The molecule has 4 heteroatoms. The number of nitrogens with one attached hydrogen (secondary N) is 1. The van der Waals surface area contributed by atoms with Crippen LogP contribution >= 0.6 is 0 Å². The Bertz CT molecular complexity index is 391. The van der Waals surface area contributed by atoms with Gasteiger partial charge in [-0.2, -0.15) is 0 Å². The van der Waals surface area contributed by atoms with Crippen LogP contribution in [0.1, 0.15) is 18.4 Å². The van der Waals surface area contributed by atoms with E-state index < -0.39 is 0 Å². The molecule has 0 radical (unpaired) electrons. The second-order valence-corrected chi connectivity index (χ2v) is 4.85. The summed E-state index contributed by atoms with van der Waals surface area (Å²) in [6, 6.07) is 5.62. The first-order chi connectivity index (χ1) is 8.70. The van der Waals surface area contributed by atoms with Crippen LogP contribution in [-0.2, 0) is 6.54 Å². The molecular formula is C14H21FN2O. The third-order valence-corrected chi connectivity index (χ3v) is 3.61. The molecule has 0 aliphatic carbocycles. The molecule has 1 saturated heterocycles. The molecule has 2 rings (SSSR count). The van der Waals surface area contributed by atoms with Crippen molar-refractivity contribution in [1.82, 2.24) is 10.2 Å². The van der Waals surface area contributed by atoms with Crippen LogP contribution in [-0.4, -0.2) is 38.2 Å². The fraction of sp³-hybridized carbons (Fsp3) is 0.571. The Morgan fingerprint density at radius 2 is 2.11 bits per heavy atom. The smallest absolute Gasteiger partial charge is 0.131 e. The summed E-state index contributed by atoms with van der Waals surface area (Å²) in [4.78, 5) is 2.24. The van der Waals surface area contributed by atoms with E-state index in [-0.39, 0.29) is 5.82 Å². The Morgan fingerprint density at radius 3 is 2.72 bits per heavy atom. The van der Waals surface area contributed by atoms with Gasteiger partial charge >= 0.3 is 0 Å². The Hall–Kier alpha value is -1.13. The molecule has 1 aliphatic rings. The van der Waals surface area contributed by atoms with E-state index in [1.54, 1.807) is 7.11 Å². The van der Waals surface area contributed by atoms with Gasteiger partial charge in [-0.1, -0.05) is 6.07 Å². The van der Waals surface area contributed by atoms with Gasteiger partial charge in [-0.15, -0.1) is 0 Å². The lowest BCUT2D eigenvalue weighted by atomic mass is 10.0. The maximum atomic E-state index is 13.8. The number of halogens is 1. The number of benzene rings is 1. The number of methoxy groups -OCH3 is 1. The summed E-state index contributed by atoms with van der Waals surface area (Å²) < 4.78 is 18.9. The van der Waals surface area contributed by atoms with Crippen LogP contribution in [0.2, 0.25) is 0 Å². The molecular weight excluding hydrogens is 231 g/mol. The van der Waals surface area contributed by atoms with Crippen molar-refractivity contribution in [3.05, 3.63) is 29.6 Å². The predicted molar refractivity (Wildman–Crippen MR) is 70.3 cm³/mol. The van der Waals surface area contributed by atoms with Crippen molar-refractivity contribution >= 4 is 0 Å². The van der Waals surface area contributed by atoms with Crippen molar-refractivity contribution in [3.8, 4) is 5.75 Å². The molecule has 1 N–H and O–H groups in total. The minimum atomic E-state index is -0.185. The SMILES string of the molecule is COc1ccc(CN(C)C2CCNCC2)c(F)c1. The van der Waals surface area contributed by atoms with E-state index >= 15 is 0 Å². The first-order valence-electron chi connectivity index (χ1n) is 6.44. The van der Waals surface area contributed by atoms with Crippen molar-refractivity contribution in [2.24, 2.45) is 0 Å². The van der Waals surface area contributed by atoms with Gasteiger partial charge in [0, 0.05) is 24.2 Å². The van der Waals surface area contributed by atoms with E-state index in [4.69, 9.17) is 4.74 Å². The fourth-order valence-electron chi connectivity index (χ4n) is 2.43. The molecule has 0 bridgehead atoms. The molecule has 1 fully saturated rings. The van der Waals surface area contributed by atoms with Gasteiger partial charge < -0.3 is 10.1 Å². The van der Waals surface area contributed by atoms with Crippen LogP contribution in [0.15, 0.2) is 18.2 Å². The van der Waals surface area contributed by atoms with Crippen LogP contribution in [0, 0.1) is 5.82 Å². The lowest BCUT2D eigenvalue weighted by Crippen LogP contribution is -2.40. The topological polar surface area (TPSA) is 24.5 Å². The third kappa shape index (κ3) is 3.21. The minimum absolute atomic E-state index is 0.185. The molecule has 1 aromatic carbocycles. The van der Waals surface area contributed by atoms with E-state index in [1.807, 2.05) is 12.1 Å². The Morgan fingerprint density at radius 1 is 1.39 bits per heavy atom. The Balaban J connectivity index is 1.99. The highest BCUT2D eigenvalue weighted by Crippen LogP contribution is 2.19. The van der Waals surface area contributed by atoms with Crippen molar-refractivity contribution in [2.45, 2.75) is 25.4 Å². The minimum Gasteiger partial charge on any atom is -0.497 e. The zero-order chi connectivity index (χ0) is 13.0. The third-order valence-electron chi connectivity index (χ3n) is 3.61. The molecule has 0 amide bonds. The average molecular weight is 252 g/mol. The van der Waals surface area contributed by atoms with E-state index in [0.717, 1.165) is 31.5 Å². The van der Waals surface area contributed by atoms with E-state index in [1.165, 1.54) is 6.07 Å². The van der Waals surface area contributed by atoms with E-state index in [9.17, 15) is 4.39 Å². The first-order valence-corrected chi connectivity index (χ1v) is 6.44. The zero-order valence-electron chi connectivity index (χ0n) is 11.1. The Kier molecular flexibility index (Phi) is 4.55. The van der Waals surface area contributed by atoms with Crippen molar-refractivity contribution in [1.29, 1.82) is 0 Å². The van der Waals surface area contributed by atoms with Crippen molar-refractivity contribution in [3.63, 3.8) is 0 Å². The number of hydrogen-bond donors (Lipinski definition) is 1. The quantitative estimate of drug-likeness (QED) is 0.887. The van der Waals surface area contributed by atoms with Gasteiger partial charge in [0.2, 0.25) is 0 Å². The number of hydrogen-bond acceptors (Lipinski definition) is 3. The van der Waals surface area contributed by atoms with Gasteiger partial charge in [0.15, 0.2) is 0 Å². The van der Waals surface area contributed by atoms with Gasteiger partial charge in [-0.3, -0.25) is 4.90 Å². The summed E-state index contributed by atoms with van der Waals surface area (Å²) in [7, 11) is 3.62. The van der Waals surface area contributed by atoms with Crippen molar-refractivity contribution in [2.75, 3.05) is 27.2 Å². The number of rotatable bonds is 4. The molecule has 100 valence electrons. The van der Waals surface area contributed by atoms with Crippen LogP contribution in [0.3, 0.4) is 0 Å². The molecule has 18 heavy (non-hydrogen) atoms. The highest BCUT2D eigenvalue weighted by molar-refractivity contribution is 5.28. The molecule has 1 aromatic rings. The standard InChI is InChI=1S/C14H21FN2O/c1-17(12-5-7-16-8-6-12)10-11-3-4-13(18-2)9-14(11)15/h3-4,9,12,16H,5-8,10H2,1-2H3. The second-order valence-electron chi connectivity index (χ2n) is 4.85. The molecule has 1 aliphatic heterocycles. The Labute approximate surface area is 108 Å². The van der Waals surface area contributed by atoms with Gasteiger partial charge in [0.05, 0.1) is 7.11 Å². The summed E-state index contributed by atoms with van der Waals surface area (Å²) in [5, 5.41) is 3.34. The summed E-state index contributed by atoms with van der Waals surface area (Å²) >= 11 is 0. The molecule has 0 aromatic heterocycles. The largest absolute Gasteiger partial charge is 0.497 e. The van der Waals surface area contributed by atoms with Gasteiger partial charge in [-0.05, 0) is 39.0 Å². The zero-order valence-corrected chi connectivity index (χ0v) is 11.1. The lowest BCUT2D eigenvalue weighted by molar-refractivity contribution is 0.189. The molecule has 3 nitrogen and oxygen atoms in total. The normalized spacial score (nSPS) is 17.1. The molecule has 0 spiro atoms. The van der Waals surface area contributed by atoms with Crippen molar-refractivity contribution < 1.29 is 9.13 Å². The molecule has 0 unspecified atom stereocenters. The maximum Gasteiger partial charge on any atom is 0.131 e. The number of ether oxygens (including phenoxy) is 1. The van der Waals surface area contributed by atoms with Gasteiger partial charge in [0.25, 0.3) is 0 Å². The molecule has 0 atom stereocenters. The lowest BCUT2D eigenvalue weighted by Gasteiger charge is -2.31. The van der Waals surface area contributed by atoms with E-state index in [0.29, 0.717) is 18.3 Å². The highest BCUT2D eigenvalue weighted by Gasteiger charge is 2.18. The molecule has 1 heterocycles. The van der Waals surface area contributed by atoms with E-state index in [2.05, 4.69) is 17.3 Å². The van der Waals surface area contributed by atoms with Crippen LogP contribution in [0.25, 0.3) is 0 Å². The fourth-order valence-corrected chi connectivity index (χ4v) is 2.43. The van der Waals surface area contributed by atoms with Crippen LogP contribution in [0.4, 0.5) is 4.39 Å². The molecule has 0 saturated carbocycles. The maximum absolute atomic E-state index is 13.8. The number of nitrogens with zero attached hydrogens (tertiary/aromatic N) is 1. The van der Waals surface area contributed by atoms with Crippen LogP contribution < -0.4 is 10.1 Å². The summed E-state index contributed by atoms with van der Waals surface area (Å²) in [5.41, 5.74) is 0.733. The van der Waals surface area contributed by atoms with Gasteiger partial charge in [-0.25, -0.2) is 4.39 Å².